The molecule has 0 radical (unpaired) electrons. The quantitative estimate of drug-likeness (QED) is 0.754. The molecule has 0 aliphatic heterocycles. The van der Waals surface area contributed by atoms with Crippen LogP contribution in [0.1, 0.15) is 5.56 Å². The Balaban J connectivity index is 1.75. The third kappa shape index (κ3) is 2.41. The average molecular weight is 256 g/mol. The number of rotatable bonds is 4. The summed E-state index contributed by atoms with van der Waals surface area (Å²) in [6, 6.07) is 10.3. The summed E-state index contributed by atoms with van der Waals surface area (Å²) in [6.45, 7) is 0.837. The number of anilines is 1. The Morgan fingerprint density at radius 1 is 1.28 bits per heavy atom. The second kappa shape index (κ2) is 5.01. The fraction of sp³-hybridized carbons (Fsp3) is 0.0769. The molecule has 0 fully saturated rings. The van der Waals surface area contributed by atoms with E-state index in [9.17, 15) is 0 Å². The minimum atomic E-state index is 0.786. The Bertz CT molecular complexity index is 602. The van der Waals surface area contributed by atoms with Crippen LogP contribution in [-0.2, 0) is 6.54 Å². The summed E-state index contributed by atoms with van der Waals surface area (Å²) in [5.74, 6) is 0.786. The van der Waals surface area contributed by atoms with Crippen LogP contribution in [0, 0.1) is 0 Å². The Morgan fingerprint density at radius 3 is 3.06 bits per heavy atom. The van der Waals surface area contributed by atoms with Gasteiger partial charge in [-0.25, -0.2) is 4.98 Å². The van der Waals surface area contributed by atoms with Crippen molar-refractivity contribution in [3.8, 4) is 11.4 Å². The largest absolute Gasteiger partial charge is 0.381 e. The number of nitrogens with zero attached hydrogens (tertiary/aromatic N) is 2. The van der Waals surface area contributed by atoms with Gasteiger partial charge < -0.3 is 5.32 Å². The van der Waals surface area contributed by atoms with Crippen LogP contribution in [0.15, 0.2) is 47.4 Å². The minimum Gasteiger partial charge on any atom is -0.381 e. The first kappa shape index (κ1) is 11.0. The molecule has 0 bridgehead atoms. The second-order valence-electron chi connectivity index (χ2n) is 3.90. The maximum absolute atomic E-state index is 4.14. The molecule has 0 aliphatic carbocycles. The first-order valence-electron chi connectivity index (χ1n) is 5.62. The first-order chi connectivity index (χ1) is 8.92. The van der Waals surface area contributed by atoms with Crippen LogP contribution in [0.3, 0.4) is 0 Å². The monoisotopic (exact) mass is 256 g/mol. The maximum Gasteiger partial charge on any atom is 0.155 e. The molecule has 2 aromatic heterocycles. The molecular weight excluding hydrogens is 244 g/mol. The van der Waals surface area contributed by atoms with Crippen molar-refractivity contribution >= 4 is 17.0 Å². The van der Waals surface area contributed by atoms with Gasteiger partial charge in [0, 0.05) is 17.8 Å². The van der Waals surface area contributed by atoms with Gasteiger partial charge >= 0.3 is 0 Å². The minimum absolute atomic E-state index is 0.786. The molecule has 0 spiro atoms. The van der Waals surface area contributed by atoms with Crippen LogP contribution in [0.2, 0.25) is 0 Å². The Morgan fingerprint density at radius 2 is 2.28 bits per heavy atom. The van der Waals surface area contributed by atoms with Crippen molar-refractivity contribution in [1.29, 1.82) is 0 Å². The molecule has 2 N–H and O–H groups in total. The van der Waals surface area contributed by atoms with Gasteiger partial charge in [0.2, 0.25) is 0 Å². The molecule has 3 aromatic rings. The molecule has 0 atom stereocenters. The van der Waals surface area contributed by atoms with Crippen molar-refractivity contribution < 1.29 is 0 Å². The number of hydrogen-bond acceptors (Lipinski definition) is 4. The van der Waals surface area contributed by atoms with Crippen molar-refractivity contribution in [2.45, 2.75) is 6.54 Å². The van der Waals surface area contributed by atoms with Gasteiger partial charge in [-0.3, -0.25) is 5.10 Å². The van der Waals surface area contributed by atoms with Crippen LogP contribution in [-0.4, -0.2) is 15.2 Å². The highest BCUT2D eigenvalue weighted by molar-refractivity contribution is 7.07. The average Bonchev–Trinajstić information content (AvgIpc) is 3.10. The Labute approximate surface area is 109 Å². The van der Waals surface area contributed by atoms with E-state index in [4.69, 9.17) is 0 Å². The third-order valence-corrected chi connectivity index (χ3v) is 3.36. The molecule has 5 heteroatoms. The van der Waals surface area contributed by atoms with Crippen LogP contribution in [0.5, 0.6) is 0 Å². The molecule has 0 unspecified atom stereocenters. The van der Waals surface area contributed by atoms with Gasteiger partial charge in [-0.05, 0) is 34.5 Å². The van der Waals surface area contributed by atoms with Gasteiger partial charge in [0.05, 0.1) is 0 Å². The van der Waals surface area contributed by atoms with Gasteiger partial charge in [0.1, 0.15) is 6.33 Å². The lowest BCUT2D eigenvalue weighted by atomic mass is 10.2. The van der Waals surface area contributed by atoms with E-state index < -0.39 is 0 Å². The number of nitrogens with one attached hydrogen (secondary N) is 2. The molecular formula is C13H12N4S. The molecule has 2 heterocycles. The number of H-pyrrole nitrogens is 1. The van der Waals surface area contributed by atoms with Crippen molar-refractivity contribution in [3.05, 3.63) is 53.0 Å². The molecule has 18 heavy (non-hydrogen) atoms. The van der Waals surface area contributed by atoms with Crippen LogP contribution in [0.25, 0.3) is 11.4 Å². The van der Waals surface area contributed by atoms with Gasteiger partial charge in [-0.15, -0.1) is 0 Å². The van der Waals surface area contributed by atoms with Gasteiger partial charge in [0.25, 0.3) is 0 Å². The summed E-state index contributed by atoms with van der Waals surface area (Å²) in [6.07, 6.45) is 1.51. The van der Waals surface area contributed by atoms with E-state index >= 15 is 0 Å². The summed E-state index contributed by atoms with van der Waals surface area (Å²) in [5.41, 5.74) is 3.41. The van der Waals surface area contributed by atoms with E-state index in [1.165, 1.54) is 11.9 Å². The molecule has 4 nitrogen and oxygen atoms in total. The van der Waals surface area contributed by atoms with Gasteiger partial charge in [-0.2, -0.15) is 16.4 Å². The van der Waals surface area contributed by atoms with E-state index in [-0.39, 0.29) is 0 Å². The number of aromatic nitrogens is 3. The van der Waals surface area contributed by atoms with Crippen molar-refractivity contribution in [2.75, 3.05) is 5.32 Å². The summed E-state index contributed by atoms with van der Waals surface area (Å²) >= 11 is 1.71. The molecule has 1 aromatic carbocycles. The van der Waals surface area contributed by atoms with Crippen molar-refractivity contribution in [1.82, 2.24) is 15.2 Å². The molecule has 0 amide bonds. The smallest absolute Gasteiger partial charge is 0.155 e. The van der Waals surface area contributed by atoms with Gasteiger partial charge in [0.15, 0.2) is 5.82 Å². The van der Waals surface area contributed by atoms with Crippen LogP contribution in [0.4, 0.5) is 5.69 Å². The van der Waals surface area contributed by atoms with Gasteiger partial charge in [-0.1, -0.05) is 12.1 Å². The number of aromatic amines is 1. The van der Waals surface area contributed by atoms with E-state index in [0.717, 1.165) is 23.6 Å². The topological polar surface area (TPSA) is 53.6 Å². The summed E-state index contributed by atoms with van der Waals surface area (Å²) in [7, 11) is 0. The highest BCUT2D eigenvalue weighted by Gasteiger charge is 2.01. The number of hydrogen-bond donors (Lipinski definition) is 2. The lowest BCUT2D eigenvalue weighted by Gasteiger charge is -2.06. The van der Waals surface area contributed by atoms with E-state index in [0.29, 0.717) is 0 Å². The van der Waals surface area contributed by atoms with E-state index in [2.05, 4.69) is 43.4 Å². The molecule has 0 saturated heterocycles. The van der Waals surface area contributed by atoms with Crippen LogP contribution >= 0.6 is 11.3 Å². The first-order valence-corrected chi connectivity index (χ1v) is 6.57. The van der Waals surface area contributed by atoms with E-state index in [1.54, 1.807) is 11.3 Å². The lowest BCUT2D eigenvalue weighted by molar-refractivity contribution is 1.09. The SMILES string of the molecule is c1cc(NCc2ccsc2)cc(-c2ncn[nH]2)c1. The predicted octanol–water partition coefficient (Wildman–Crippen LogP) is 3.15. The zero-order valence-corrected chi connectivity index (χ0v) is 10.4. The zero-order valence-electron chi connectivity index (χ0n) is 9.63. The fourth-order valence-electron chi connectivity index (χ4n) is 1.72. The Kier molecular flexibility index (Phi) is 3.06. The molecule has 3 rings (SSSR count). The maximum atomic E-state index is 4.14. The number of thiophene rings is 1. The molecule has 0 aliphatic rings. The van der Waals surface area contributed by atoms with Crippen LogP contribution < -0.4 is 5.32 Å². The zero-order chi connectivity index (χ0) is 12.2. The highest BCUT2D eigenvalue weighted by atomic mass is 32.1. The summed E-state index contributed by atoms with van der Waals surface area (Å²) < 4.78 is 0. The number of benzene rings is 1. The molecule has 0 saturated carbocycles. The summed E-state index contributed by atoms with van der Waals surface area (Å²) in [5, 5.41) is 14.3. The Hall–Kier alpha value is -2.14. The fourth-order valence-corrected chi connectivity index (χ4v) is 2.39. The molecule has 90 valence electrons. The van der Waals surface area contributed by atoms with Crippen molar-refractivity contribution in [2.24, 2.45) is 0 Å². The summed E-state index contributed by atoms with van der Waals surface area (Å²) in [4.78, 5) is 4.14. The third-order valence-electron chi connectivity index (χ3n) is 2.63. The predicted molar refractivity (Wildman–Crippen MR) is 73.5 cm³/mol. The standard InChI is InChI=1S/C13H12N4S/c1-2-11(13-15-9-16-17-13)6-12(3-1)14-7-10-4-5-18-8-10/h1-6,8-9,14H,7H2,(H,15,16,17). The lowest BCUT2D eigenvalue weighted by Crippen LogP contribution is -1.98. The highest BCUT2D eigenvalue weighted by Crippen LogP contribution is 2.19. The normalized spacial score (nSPS) is 10.4. The van der Waals surface area contributed by atoms with Crippen molar-refractivity contribution in [3.63, 3.8) is 0 Å². The second-order valence-corrected chi connectivity index (χ2v) is 4.68. The van der Waals surface area contributed by atoms with E-state index in [1.807, 2.05) is 18.2 Å².